The van der Waals surface area contributed by atoms with Crippen molar-refractivity contribution in [3.8, 4) is 11.5 Å². The lowest BCUT2D eigenvalue weighted by atomic mass is 9.55. The first-order valence-electron chi connectivity index (χ1n) is 12.2. The van der Waals surface area contributed by atoms with E-state index in [4.69, 9.17) is 9.47 Å². The van der Waals surface area contributed by atoms with Crippen LogP contribution in [-0.4, -0.2) is 18.9 Å². The summed E-state index contributed by atoms with van der Waals surface area (Å²) in [6.45, 7) is 8.55. The molecule has 2 atom stereocenters. The van der Waals surface area contributed by atoms with E-state index in [2.05, 4.69) is 45.0 Å². The van der Waals surface area contributed by atoms with Crippen molar-refractivity contribution < 1.29 is 19.1 Å². The first-order valence-corrected chi connectivity index (χ1v) is 12.2. The van der Waals surface area contributed by atoms with Crippen LogP contribution in [0, 0.1) is 11.3 Å². The molecule has 0 heterocycles. The maximum Gasteiger partial charge on any atom is 0.343 e. The third-order valence-electron chi connectivity index (χ3n) is 7.17. The van der Waals surface area contributed by atoms with Crippen LogP contribution in [0.25, 0.3) is 0 Å². The summed E-state index contributed by atoms with van der Waals surface area (Å²) in [4.78, 5) is 24.1. The van der Waals surface area contributed by atoms with E-state index in [9.17, 15) is 9.59 Å². The molecule has 0 N–H and O–H groups in total. The van der Waals surface area contributed by atoms with Gasteiger partial charge in [0.2, 0.25) is 0 Å². The summed E-state index contributed by atoms with van der Waals surface area (Å²) in [7, 11) is 1.69. The minimum atomic E-state index is -0.440. The number of Topliss-reactive ketones (excluding diaryl/α,β-unsaturated/α-hetero) is 1. The Morgan fingerprint density at radius 2 is 1.29 bits per heavy atom. The molecule has 3 aromatic carbocycles. The van der Waals surface area contributed by atoms with Crippen molar-refractivity contribution in [1.29, 1.82) is 0 Å². The zero-order valence-corrected chi connectivity index (χ0v) is 21.3. The van der Waals surface area contributed by atoms with Crippen molar-refractivity contribution in [2.75, 3.05) is 7.11 Å². The van der Waals surface area contributed by atoms with Crippen molar-refractivity contribution in [3.63, 3.8) is 0 Å². The molecule has 0 aromatic heterocycles. The molecule has 1 aliphatic rings. The second-order valence-electron chi connectivity index (χ2n) is 10.7. The Hall–Kier alpha value is -3.40. The topological polar surface area (TPSA) is 52.6 Å². The highest BCUT2D eigenvalue weighted by Gasteiger charge is 2.45. The van der Waals surface area contributed by atoms with Crippen LogP contribution in [0.4, 0.5) is 0 Å². The van der Waals surface area contributed by atoms with Crippen molar-refractivity contribution in [3.05, 3.63) is 95.1 Å². The summed E-state index contributed by atoms with van der Waals surface area (Å²) in [5.41, 5.74) is 3.57. The van der Waals surface area contributed by atoms with Gasteiger partial charge < -0.3 is 9.47 Å². The largest absolute Gasteiger partial charge is 0.497 e. The highest BCUT2D eigenvalue weighted by atomic mass is 16.5. The smallest absolute Gasteiger partial charge is 0.343 e. The van der Waals surface area contributed by atoms with Gasteiger partial charge in [0.25, 0.3) is 0 Å². The summed E-state index contributed by atoms with van der Waals surface area (Å²) in [5, 5.41) is 0. The van der Waals surface area contributed by atoms with E-state index < -0.39 is 5.97 Å². The molecule has 0 spiro atoms. The van der Waals surface area contributed by atoms with Gasteiger partial charge in [-0.05, 0) is 85.0 Å². The lowest BCUT2D eigenvalue weighted by Crippen LogP contribution is -2.41. The van der Waals surface area contributed by atoms with Crippen molar-refractivity contribution in [2.45, 2.75) is 52.4 Å². The molecule has 4 rings (SSSR count). The van der Waals surface area contributed by atoms with Crippen LogP contribution in [-0.2, 0) is 5.41 Å². The number of carbonyl (C=O) groups is 2. The molecule has 0 saturated heterocycles. The molecule has 2 unspecified atom stereocenters. The van der Waals surface area contributed by atoms with Gasteiger partial charge in [-0.1, -0.05) is 57.2 Å². The third-order valence-corrected chi connectivity index (χ3v) is 7.17. The Bertz CT molecular complexity index is 1190. The minimum Gasteiger partial charge on any atom is -0.497 e. The fraction of sp³-hybridized carbons (Fsp3) is 0.355. The van der Waals surface area contributed by atoms with Gasteiger partial charge in [0.1, 0.15) is 11.5 Å². The number of benzene rings is 3. The van der Waals surface area contributed by atoms with Crippen LogP contribution in [0.5, 0.6) is 11.5 Å². The summed E-state index contributed by atoms with van der Waals surface area (Å²) >= 11 is 0. The number of rotatable bonds is 6. The Kier molecular flexibility index (Phi) is 6.84. The molecule has 0 aliphatic heterocycles. The molecule has 0 amide bonds. The second kappa shape index (κ2) is 9.69. The van der Waals surface area contributed by atoms with E-state index >= 15 is 0 Å². The lowest BCUT2D eigenvalue weighted by molar-refractivity contribution is 0.0734. The van der Waals surface area contributed by atoms with Crippen LogP contribution in [0.2, 0.25) is 0 Å². The van der Waals surface area contributed by atoms with Crippen molar-refractivity contribution in [1.82, 2.24) is 0 Å². The fourth-order valence-corrected chi connectivity index (χ4v) is 5.94. The van der Waals surface area contributed by atoms with E-state index in [1.807, 2.05) is 24.3 Å². The van der Waals surface area contributed by atoms with E-state index in [1.165, 1.54) is 24.5 Å². The van der Waals surface area contributed by atoms with Gasteiger partial charge in [0.05, 0.1) is 12.7 Å². The van der Waals surface area contributed by atoms with Gasteiger partial charge in [0.15, 0.2) is 5.78 Å². The standard InChI is InChI=1S/C31H34O4/c1-21-18-30(3,4)20-31(19-21,25-10-14-27(34-5)15-11-25)26-12-16-28(17-13-26)35-29(33)24-8-6-23(7-9-24)22(2)32/h6-17,21H,18-20H2,1-5H3. The maximum atomic E-state index is 12.6. The minimum absolute atomic E-state index is 0.0356. The molecular weight excluding hydrogens is 436 g/mol. The van der Waals surface area contributed by atoms with Crippen LogP contribution in [0.1, 0.15) is 78.8 Å². The summed E-state index contributed by atoms with van der Waals surface area (Å²) in [5.74, 6) is 1.46. The average molecular weight is 471 g/mol. The molecule has 0 bridgehead atoms. The Morgan fingerprint density at radius 3 is 1.77 bits per heavy atom. The zero-order valence-electron chi connectivity index (χ0n) is 21.3. The number of esters is 1. The van der Waals surface area contributed by atoms with Crippen molar-refractivity contribution >= 4 is 11.8 Å². The number of ketones is 1. The first kappa shape index (κ1) is 24.7. The number of methoxy groups -OCH3 is 1. The lowest BCUT2D eigenvalue weighted by Gasteiger charge is -2.48. The molecule has 4 nitrogen and oxygen atoms in total. The Morgan fingerprint density at radius 1 is 0.771 bits per heavy atom. The van der Waals surface area contributed by atoms with Gasteiger partial charge >= 0.3 is 5.97 Å². The monoisotopic (exact) mass is 470 g/mol. The highest BCUT2D eigenvalue weighted by Crippen LogP contribution is 2.53. The molecule has 182 valence electrons. The second-order valence-corrected chi connectivity index (χ2v) is 10.7. The van der Waals surface area contributed by atoms with Gasteiger partial charge in [-0.25, -0.2) is 4.79 Å². The fourth-order valence-electron chi connectivity index (χ4n) is 5.94. The van der Waals surface area contributed by atoms with E-state index in [0.29, 0.717) is 22.8 Å². The predicted molar refractivity (Wildman–Crippen MR) is 138 cm³/mol. The molecule has 1 fully saturated rings. The molecule has 1 saturated carbocycles. The summed E-state index contributed by atoms with van der Waals surface area (Å²) in [6.07, 6.45) is 3.30. The average Bonchev–Trinajstić information content (AvgIpc) is 2.83. The summed E-state index contributed by atoms with van der Waals surface area (Å²) in [6, 6.07) is 22.9. The van der Waals surface area contributed by atoms with Crippen molar-refractivity contribution in [2.24, 2.45) is 11.3 Å². The number of carbonyl (C=O) groups excluding carboxylic acids is 2. The molecular formula is C31H34O4. The number of hydrogen-bond acceptors (Lipinski definition) is 4. The van der Waals surface area contributed by atoms with Crippen LogP contribution >= 0.6 is 0 Å². The van der Waals surface area contributed by atoms with Gasteiger partial charge in [-0.15, -0.1) is 0 Å². The molecule has 3 aromatic rings. The normalized spacial score (nSPS) is 21.2. The van der Waals surface area contributed by atoms with Crippen LogP contribution in [0.3, 0.4) is 0 Å². The van der Waals surface area contributed by atoms with Gasteiger partial charge in [-0.2, -0.15) is 0 Å². The molecule has 0 radical (unpaired) electrons. The Labute approximate surface area is 208 Å². The maximum absolute atomic E-state index is 12.6. The number of ether oxygens (including phenoxy) is 2. The SMILES string of the molecule is COc1ccc(C2(c3ccc(OC(=O)c4ccc(C(C)=O)cc4)cc3)CC(C)CC(C)(C)C2)cc1. The quantitative estimate of drug-likeness (QED) is 0.216. The molecule has 4 heteroatoms. The van der Waals surface area contributed by atoms with Gasteiger partial charge in [-0.3, -0.25) is 4.79 Å². The highest BCUT2D eigenvalue weighted by molar-refractivity contribution is 5.96. The molecule has 1 aliphatic carbocycles. The summed E-state index contributed by atoms with van der Waals surface area (Å²) < 4.78 is 11.0. The predicted octanol–water partition coefficient (Wildman–Crippen LogP) is 7.25. The van der Waals surface area contributed by atoms with E-state index in [0.717, 1.165) is 18.6 Å². The van der Waals surface area contributed by atoms with E-state index in [-0.39, 0.29) is 16.6 Å². The third kappa shape index (κ3) is 5.32. The van der Waals surface area contributed by atoms with Crippen LogP contribution in [0.15, 0.2) is 72.8 Å². The Balaban J connectivity index is 1.62. The molecule has 35 heavy (non-hydrogen) atoms. The number of hydrogen-bond donors (Lipinski definition) is 0. The zero-order chi connectivity index (χ0) is 25.2. The van der Waals surface area contributed by atoms with Gasteiger partial charge in [0, 0.05) is 11.0 Å². The van der Waals surface area contributed by atoms with E-state index in [1.54, 1.807) is 31.4 Å². The van der Waals surface area contributed by atoms with Crippen LogP contribution < -0.4 is 9.47 Å². The first-order chi connectivity index (χ1) is 16.6.